The standard InChI is InChI=1S/C16H12BrN5/c17-9-4-3-5-10(8-9)19-14-13-11-6-1-2-7-12(11)20-15(13)22-16(18)21-14/h1-8H,(H4,18,19,20,21,22). The third-order valence-electron chi connectivity index (χ3n) is 3.46. The molecule has 0 radical (unpaired) electrons. The van der Waals surface area contributed by atoms with Crippen molar-refractivity contribution in [3.63, 3.8) is 0 Å². The van der Waals surface area contributed by atoms with E-state index in [1.807, 2.05) is 48.5 Å². The van der Waals surface area contributed by atoms with Gasteiger partial charge in [0.2, 0.25) is 5.95 Å². The van der Waals surface area contributed by atoms with Crippen molar-refractivity contribution in [2.24, 2.45) is 0 Å². The van der Waals surface area contributed by atoms with Gasteiger partial charge in [-0.05, 0) is 24.3 Å². The number of hydrogen-bond acceptors (Lipinski definition) is 4. The molecule has 0 aliphatic heterocycles. The molecule has 4 aromatic rings. The number of nitrogens with one attached hydrogen (secondary N) is 2. The predicted octanol–water partition coefficient (Wildman–Crippen LogP) is 4.20. The van der Waals surface area contributed by atoms with Gasteiger partial charge in [-0.2, -0.15) is 9.97 Å². The van der Waals surface area contributed by atoms with E-state index >= 15 is 0 Å². The molecule has 0 atom stereocenters. The van der Waals surface area contributed by atoms with Crippen molar-refractivity contribution in [3.05, 3.63) is 53.0 Å². The summed E-state index contributed by atoms with van der Waals surface area (Å²) in [6.45, 7) is 0. The monoisotopic (exact) mass is 353 g/mol. The molecule has 0 aliphatic rings. The Hall–Kier alpha value is -2.60. The Morgan fingerprint density at radius 3 is 2.77 bits per heavy atom. The van der Waals surface area contributed by atoms with Crippen LogP contribution in [0.2, 0.25) is 0 Å². The number of benzene rings is 2. The molecule has 108 valence electrons. The lowest BCUT2D eigenvalue weighted by Crippen LogP contribution is -2.00. The summed E-state index contributed by atoms with van der Waals surface area (Å²) in [4.78, 5) is 11.9. The number of hydrogen-bond donors (Lipinski definition) is 3. The van der Waals surface area contributed by atoms with Crippen LogP contribution in [0.5, 0.6) is 0 Å². The lowest BCUT2D eigenvalue weighted by Gasteiger charge is -2.08. The minimum absolute atomic E-state index is 0.233. The molecule has 2 heterocycles. The van der Waals surface area contributed by atoms with Crippen LogP contribution in [0.25, 0.3) is 21.9 Å². The third kappa shape index (κ3) is 2.17. The largest absolute Gasteiger partial charge is 0.368 e. The summed E-state index contributed by atoms with van der Waals surface area (Å²) in [5.41, 5.74) is 8.51. The van der Waals surface area contributed by atoms with E-state index in [-0.39, 0.29) is 5.95 Å². The van der Waals surface area contributed by atoms with Gasteiger partial charge in [-0.25, -0.2) is 0 Å². The van der Waals surface area contributed by atoms with Crippen molar-refractivity contribution >= 4 is 55.3 Å². The van der Waals surface area contributed by atoms with Crippen LogP contribution >= 0.6 is 15.9 Å². The van der Waals surface area contributed by atoms with Gasteiger partial charge in [-0.3, -0.25) is 0 Å². The molecule has 4 N–H and O–H groups in total. The summed E-state index contributed by atoms with van der Waals surface area (Å²) < 4.78 is 0.995. The van der Waals surface area contributed by atoms with Gasteiger partial charge in [0.1, 0.15) is 11.5 Å². The zero-order valence-electron chi connectivity index (χ0n) is 11.5. The van der Waals surface area contributed by atoms with Crippen LogP contribution in [0.1, 0.15) is 0 Å². The van der Waals surface area contributed by atoms with Crippen LogP contribution in [0, 0.1) is 0 Å². The Morgan fingerprint density at radius 2 is 1.91 bits per heavy atom. The molecule has 0 saturated heterocycles. The molecule has 6 heteroatoms. The van der Waals surface area contributed by atoms with E-state index in [0.29, 0.717) is 5.82 Å². The molecule has 0 spiro atoms. The van der Waals surface area contributed by atoms with Crippen molar-refractivity contribution in [2.45, 2.75) is 0 Å². The summed E-state index contributed by atoms with van der Waals surface area (Å²) in [5.74, 6) is 0.926. The summed E-state index contributed by atoms with van der Waals surface area (Å²) >= 11 is 3.47. The summed E-state index contributed by atoms with van der Waals surface area (Å²) in [6, 6.07) is 15.9. The molecule has 2 aromatic carbocycles. The van der Waals surface area contributed by atoms with Gasteiger partial charge >= 0.3 is 0 Å². The zero-order chi connectivity index (χ0) is 15.1. The quantitative estimate of drug-likeness (QED) is 0.504. The zero-order valence-corrected chi connectivity index (χ0v) is 13.1. The number of nitrogens with zero attached hydrogens (tertiary/aromatic N) is 2. The van der Waals surface area contributed by atoms with Crippen molar-refractivity contribution < 1.29 is 0 Å². The second-order valence-corrected chi connectivity index (χ2v) is 5.88. The van der Waals surface area contributed by atoms with Crippen molar-refractivity contribution in [2.75, 3.05) is 11.1 Å². The summed E-state index contributed by atoms with van der Waals surface area (Å²) in [5, 5.41) is 5.33. The van der Waals surface area contributed by atoms with Crippen molar-refractivity contribution in [3.8, 4) is 0 Å². The average molecular weight is 354 g/mol. The number of H-pyrrole nitrogens is 1. The van der Waals surface area contributed by atoms with E-state index in [2.05, 4.69) is 36.2 Å². The number of fused-ring (bicyclic) bond motifs is 3. The van der Waals surface area contributed by atoms with Crippen LogP contribution in [-0.4, -0.2) is 15.0 Å². The SMILES string of the molecule is Nc1nc(Nc2cccc(Br)c2)c2c(n1)[nH]c1ccccc12. The Labute approximate surface area is 134 Å². The second kappa shape index (κ2) is 4.99. The highest BCUT2D eigenvalue weighted by Gasteiger charge is 2.12. The number of rotatable bonds is 2. The first kappa shape index (κ1) is 13.1. The summed E-state index contributed by atoms with van der Waals surface area (Å²) in [7, 11) is 0. The van der Waals surface area contributed by atoms with E-state index in [1.54, 1.807) is 0 Å². The molecule has 0 amide bonds. The lowest BCUT2D eigenvalue weighted by molar-refractivity contribution is 1.22. The number of anilines is 3. The minimum atomic E-state index is 0.233. The van der Waals surface area contributed by atoms with E-state index in [1.165, 1.54) is 0 Å². The van der Waals surface area contributed by atoms with Gasteiger partial charge in [0.25, 0.3) is 0 Å². The number of nitrogen functional groups attached to an aromatic ring is 1. The van der Waals surface area contributed by atoms with Gasteiger partial charge < -0.3 is 16.0 Å². The molecule has 0 unspecified atom stereocenters. The molecule has 22 heavy (non-hydrogen) atoms. The van der Waals surface area contributed by atoms with E-state index in [0.717, 1.165) is 32.1 Å². The third-order valence-corrected chi connectivity index (χ3v) is 3.96. The highest BCUT2D eigenvalue weighted by molar-refractivity contribution is 9.10. The molecule has 0 aliphatic carbocycles. The van der Waals surface area contributed by atoms with Crippen LogP contribution in [0.4, 0.5) is 17.5 Å². The number of nitrogens with two attached hydrogens (primary N) is 1. The molecule has 0 fully saturated rings. The maximum atomic E-state index is 5.84. The fourth-order valence-corrected chi connectivity index (χ4v) is 2.95. The molecule has 0 saturated carbocycles. The highest BCUT2D eigenvalue weighted by atomic mass is 79.9. The van der Waals surface area contributed by atoms with Crippen molar-refractivity contribution in [1.82, 2.24) is 15.0 Å². The van der Waals surface area contributed by atoms with Crippen LogP contribution in [0.3, 0.4) is 0 Å². The maximum Gasteiger partial charge on any atom is 0.224 e. The molecule has 0 bridgehead atoms. The summed E-state index contributed by atoms with van der Waals surface area (Å²) in [6.07, 6.45) is 0. The Bertz CT molecular complexity index is 992. The second-order valence-electron chi connectivity index (χ2n) is 4.96. The van der Waals surface area contributed by atoms with Gasteiger partial charge in [0.05, 0.1) is 5.39 Å². The molecule has 4 rings (SSSR count). The Balaban J connectivity index is 1.95. The Kier molecular flexibility index (Phi) is 2.97. The van der Waals surface area contributed by atoms with Crippen LogP contribution < -0.4 is 11.1 Å². The van der Waals surface area contributed by atoms with Crippen molar-refractivity contribution in [1.29, 1.82) is 0 Å². The highest BCUT2D eigenvalue weighted by Crippen LogP contribution is 2.31. The normalized spacial score (nSPS) is 11.1. The first-order valence-corrected chi connectivity index (χ1v) is 7.56. The smallest absolute Gasteiger partial charge is 0.224 e. The fourth-order valence-electron chi connectivity index (χ4n) is 2.55. The molecular formula is C16H12BrN5. The topological polar surface area (TPSA) is 79.6 Å². The maximum absolute atomic E-state index is 5.84. The average Bonchev–Trinajstić information content (AvgIpc) is 2.85. The minimum Gasteiger partial charge on any atom is -0.368 e. The van der Waals surface area contributed by atoms with Crippen LogP contribution in [-0.2, 0) is 0 Å². The number of aromatic amines is 1. The van der Waals surface area contributed by atoms with Gasteiger partial charge in [0, 0.05) is 21.1 Å². The van der Waals surface area contributed by atoms with E-state index in [4.69, 9.17) is 5.73 Å². The van der Waals surface area contributed by atoms with E-state index in [9.17, 15) is 0 Å². The van der Waals surface area contributed by atoms with Gasteiger partial charge in [-0.15, -0.1) is 0 Å². The molecular weight excluding hydrogens is 342 g/mol. The predicted molar refractivity (Wildman–Crippen MR) is 93.2 cm³/mol. The molecule has 2 aromatic heterocycles. The van der Waals surface area contributed by atoms with E-state index < -0.39 is 0 Å². The number of aromatic nitrogens is 3. The molecule has 5 nitrogen and oxygen atoms in total. The fraction of sp³-hybridized carbons (Fsp3) is 0. The number of para-hydroxylation sites is 1. The van der Waals surface area contributed by atoms with Crippen LogP contribution in [0.15, 0.2) is 53.0 Å². The number of halogens is 1. The Morgan fingerprint density at radius 1 is 1.05 bits per heavy atom. The van der Waals surface area contributed by atoms with Gasteiger partial charge in [0.15, 0.2) is 0 Å². The first-order chi connectivity index (χ1) is 10.7. The lowest BCUT2D eigenvalue weighted by atomic mass is 10.2. The first-order valence-electron chi connectivity index (χ1n) is 6.77. The van der Waals surface area contributed by atoms with Gasteiger partial charge in [-0.1, -0.05) is 40.2 Å².